The van der Waals surface area contributed by atoms with E-state index >= 15 is 0 Å². The van der Waals surface area contributed by atoms with Gasteiger partial charge in [-0.3, -0.25) is 0 Å². The quantitative estimate of drug-likeness (QED) is 0.852. The summed E-state index contributed by atoms with van der Waals surface area (Å²) in [6.45, 7) is 9.32. The van der Waals surface area contributed by atoms with Crippen LogP contribution in [0.3, 0.4) is 0 Å². The normalized spacial score (nSPS) is 11.3. The van der Waals surface area contributed by atoms with E-state index in [1.807, 2.05) is 27.1 Å². The Bertz CT molecular complexity index is 364. The molecule has 4 heteroatoms. The van der Waals surface area contributed by atoms with Crippen LogP contribution in [0.2, 0.25) is 0 Å². The predicted octanol–water partition coefficient (Wildman–Crippen LogP) is 2.18. The van der Waals surface area contributed by atoms with Crippen molar-refractivity contribution in [1.29, 1.82) is 0 Å². The molecule has 0 aliphatic heterocycles. The van der Waals surface area contributed by atoms with E-state index in [9.17, 15) is 5.11 Å². The van der Waals surface area contributed by atoms with Crippen LogP contribution in [-0.4, -0.2) is 28.7 Å². The smallest absolute Gasteiger partial charge is 0.131 e. The summed E-state index contributed by atoms with van der Waals surface area (Å²) >= 11 is 0. The number of nitrogens with zero attached hydrogens (tertiary/aromatic N) is 3. The number of rotatable bonds is 5. The summed E-state index contributed by atoms with van der Waals surface area (Å²) in [5, 5.41) is 9.39. The van der Waals surface area contributed by atoms with E-state index in [1.165, 1.54) is 0 Å². The Labute approximate surface area is 104 Å². The van der Waals surface area contributed by atoms with Crippen LogP contribution in [-0.2, 0) is 6.61 Å². The van der Waals surface area contributed by atoms with Gasteiger partial charge >= 0.3 is 0 Å². The van der Waals surface area contributed by atoms with Crippen LogP contribution in [0, 0.1) is 5.92 Å². The van der Waals surface area contributed by atoms with E-state index in [0.29, 0.717) is 11.6 Å². The number of hydrogen-bond acceptors (Lipinski definition) is 4. The molecule has 17 heavy (non-hydrogen) atoms. The molecule has 1 heterocycles. The van der Waals surface area contributed by atoms with Crippen molar-refractivity contribution in [3.8, 4) is 0 Å². The van der Waals surface area contributed by atoms with Crippen molar-refractivity contribution in [1.82, 2.24) is 9.97 Å². The number of aromatic nitrogens is 2. The summed E-state index contributed by atoms with van der Waals surface area (Å²) in [5.74, 6) is 1.64. The van der Waals surface area contributed by atoms with E-state index in [4.69, 9.17) is 0 Å². The Kier molecular flexibility index (Phi) is 4.87. The molecule has 0 radical (unpaired) electrons. The fourth-order valence-electron chi connectivity index (χ4n) is 1.79. The lowest BCUT2D eigenvalue weighted by Gasteiger charge is -2.23. The summed E-state index contributed by atoms with van der Waals surface area (Å²) in [4.78, 5) is 10.9. The van der Waals surface area contributed by atoms with Crippen LogP contribution < -0.4 is 4.90 Å². The predicted molar refractivity (Wildman–Crippen MR) is 70.2 cm³/mol. The molecular weight excluding hydrogens is 214 g/mol. The van der Waals surface area contributed by atoms with Gasteiger partial charge in [-0.15, -0.1) is 0 Å². The van der Waals surface area contributed by atoms with E-state index in [-0.39, 0.29) is 12.5 Å². The Balaban J connectivity index is 2.99. The van der Waals surface area contributed by atoms with Crippen molar-refractivity contribution >= 4 is 5.69 Å². The Hall–Kier alpha value is -1.16. The van der Waals surface area contributed by atoms with E-state index in [1.54, 1.807) is 0 Å². The molecule has 1 N–H and O–H groups in total. The first-order valence-corrected chi connectivity index (χ1v) is 6.13. The number of aliphatic hydroxyl groups excluding tert-OH is 1. The summed E-state index contributed by atoms with van der Waals surface area (Å²) < 4.78 is 0. The molecule has 0 aliphatic carbocycles. The average Bonchev–Trinajstić information content (AvgIpc) is 2.27. The third kappa shape index (κ3) is 3.66. The van der Waals surface area contributed by atoms with Gasteiger partial charge in [-0.2, -0.15) is 0 Å². The Morgan fingerprint density at radius 3 is 2.41 bits per heavy atom. The minimum absolute atomic E-state index is 0.0417. The average molecular weight is 237 g/mol. The minimum Gasteiger partial charge on any atom is -0.390 e. The van der Waals surface area contributed by atoms with Gasteiger partial charge in [0.15, 0.2) is 0 Å². The fraction of sp³-hybridized carbons (Fsp3) is 0.692. The monoisotopic (exact) mass is 237 g/mol. The third-order valence-electron chi connectivity index (χ3n) is 2.58. The van der Waals surface area contributed by atoms with Crippen molar-refractivity contribution in [2.24, 2.45) is 5.92 Å². The van der Waals surface area contributed by atoms with Crippen LogP contribution in [0.5, 0.6) is 0 Å². The zero-order chi connectivity index (χ0) is 13.0. The van der Waals surface area contributed by atoms with Crippen LogP contribution in [0.25, 0.3) is 0 Å². The molecule has 0 atom stereocenters. The molecule has 0 aliphatic rings. The Morgan fingerprint density at radius 2 is 1.94 bits per heavy atom. The van der Waals surface area contributed by atoms with Gasteiger partial charge in [0.1, 0.15) is 5.82 Å². The standard InChI is InChI=1S/C13H23N3O/c1-9(2)7-16(5)12-6-14-13(10(3)4)15-11(12)8-17/h6,9-10,17H,7-8H2,1-5H3. The summed E-state index contributed by atoms with van der Waals surface area (Å²) in [6.07, 6.45) is 1.82. The van der Waals surface area contributed by atoms with Gasteiger partial charge in [-0.1, -0.05) is 27.7 Å². The highest BCUT2D eigenvalue weighted by Crippen LogP contribution is 2.20. The van der Waals surface area contributed by atoms with Crippen LogP contribution >= 0.6 is 0 Å². The molecule has 0 fully saturated rings. The van der Waals surface area contributed by atoms with Gasteiger partial charge in [-0.05, 0) is 5.92 Å². The van der Waals surface area contributed by atoms with Gasteiger partial charge in [0.2, 0.25) is 0 Å². The van der Waals surface area contributed by atoms with Gasteiger partial charge in [0.05, 0.1) is 24.2 Å². The van der Waals surface area contributed by atoms with Gasteiger partial charge < -0.3 is 10.0 Å². The fourth-order valence-corrected chi connectivity index (χ4v) is 1.79. The molecule has 0 unspecified atom stereocenters. The van der Waals surface area contributed by atoms with E-state index < -0.39 is 0 Å². The first-order valence-electron chi connectivity index (χ1n) is 6.13. The zero-order valence-electron chi connectivity index (χ0n) is 11.4. The highest BCUT2D eigenvalue weighted by atomic mass is 16.3. The minimum atomic E-state index is -0.0417. The second-order valence-corrected chi connectivity index (χ2v) is 5.15. The molecule has 4 nitrogen and oxygen atoms in total. The summed E-state index contributed by atoms with van der Waals surface area (Å²) in [6, 6.07) is 0. The van der Waals surface area contributed by atoms with Gasteiger partial charge in [-0.25, -0.2) is 9.97 Å². The maximum Gasteiger partial charge on any atom is 0.131 e. The van der Waals surface area contributed by atoms with Crippen molar-refractivity contribution < 1.29 is 5.11 Å². The van der Waals surface area contributed by atoms with E-state index in [0.717, 1.165) is 18.1 Å². The molecule has 0 amide bonds. The topological polar surface area (TPSA) is 49.2 Å². The maximum absolute atomic E-state index is 9.39. The first-order chi connectivity index (χ1) is 7.95. The van der Waals surface area contributed by atoms with Crippen molar-refractivity contribution in [3.63, 3.8) is 0 Å². The highest BCUT2D eigenvalue weighted by Gasteiger charge is 2.13. The number of aliphatic hydroxyl groups is 1. The lowest BCUT2D eigenvalue weighted by atomic mass is 10.2. The van der Waals surface area contributed by atoms with Gasteiger partial charge in [0, 0.05) is 19.5 Å². The molecule has 0 saturated carbocycles. The van der Waals surface area contributed by atoms with Crippen LogP contribution in [0.15, 0.2) is 6.20 Å². The molecular formula is C13H23N3O. The number of anilines is 1. The van der Waals surface area contributed by atoms with Crippen molar-refractivity contribution in [2.75, 3.05) is 18.5 Å². The molecule has 0 aromatic carbocycles. The summed E-state index contributed by atoms with van der Waals surface area (Å²) in [5.41, 5.74) is 1.64. The van der Waals surface area contributed by atoms with Crippen LogP contribution in [0.4, 0.5) is 5.69 Å². The first kappa shape index (κ1) is 13.9. The Morgan fingerprint density at radius 1 is 1.29 bits per heavy atom. The molecule has 0 spiro atoms. The maximum atomic E-state index is 9.39. The summed E-state index contributed by atoms with van der Waals surface area (Å²) in [7, 11) is 2.01. The zero-order valence-corrected chi connectivity index (χ0v) is 11.4. The molecule has 96 valence electrons. The van der Waals surface area contributed by atoms with Crippen molar-refractivity contribution in [3.05, 3.63) is 17.7 Å². The SMILES string of the molecule is CC(C)CN(C)c1cnc(C(C)C)nc1CO. The molecule has 0 bridgehead atoms. The second kappa shape index (κ2) is 5.96. The molecule has 1 aromatic heterocycles. The van der Waals surface area contributed by atoms with Gasteiger partial charge in [0.25, 0.3) is 0 Å². The van der Waals surface area contributed by atoms with Crippen molar-refractivity contribution in [2.45, 2.75) is 40.2 Å². The highest BCUT2D eigenvalue weighted by molar-refractivity contribution is 5.48. The van der Waals surface area contributed by atoms with Crippen LogP contribution in [0.1, 0.15) is 45.1 Å². The lowest BCUT2D eigenvalue weighted by molar-refractivity contribution is 0.276. The van der Waals surface area contributed by atoms with E-state index in [2.05, 4.69) is 28.7 Å². The second-order valence-electron chi connectivity index (χ2n) is 5.15. The third-order valence-corrected chi connectivity index (χ3v) is 2.58. The largest absolute Gasteiger partial charge is 0.390 e. The molecule has 0 saturated heterocycles. The molecule has 1 aromatic rings. The lowest BCUT2D eigenvalue weighted by Crippen LogP contribution is -2.24. The number of hydrogen-bond donors (Lipinski definition) is 1. The molecule has 1 rings (SSSR count).